The van der Waals surface area contributed by atoms with E-state index in [0.29, 0.717) is 11.4 Å². The van der Waals surface area contributed by atoms with Crippen LogP contribution in [0.2, 0.25) is 0 Å². The molecule has 0 bridgehead atoms. The van der Waals surface area contributed by atoms with E-state index in [-0.39, 0.29) is 23.5 Å². The molecule has 0 aliphatic rings. The van der Waals surface area contributed by atoms with E-state index in [9.17, 15) is 9.59 Å². The van der Waals surface area contributed by atoms with E-state index in [2.05, 4.69) is 10.4 Å². The molecule has 144 valence electrons. The molecule has 0 spiro atoms. The predicted molar refractivity (Wildman–Crippen MR) is 105 cm³/mol. The highest BCUT2D eigenvalue weighted by molar-refractivity contribution is 5.94. The first-order chi connectivity index (χ1) is 13.5. The van der Waals surface area contributed by atoms with Crippen LogP contribution in [0, 0.1) is 6.92 Å². The summed E-state index contributed by atoms with van der Waals surface area (Å²) in [6.07, 6.45) is 0. The fraction of sp³-hybridized carbons (Fsp3) is 0.190. The Hall–Kier alpha value is -3.61. The molecule has 0 fully saturated rings. The molecule has 2 aromatic carbocycles. The molecule has 0 atom stereocenters. The van der Waals surface area contributed by atoms with E-state index < -0.39 is 5.91 Å². The van der Waals surface area contributed by atoms with Crippen molar-refractivity contribution in [3.8, 4) is 17.2 Å². The summed E-state index contributed by atoms with van der Waals surface area (Å²) in [5.41, 5.74) is 2.15. The van der Waals surface area contributed by atoms with Crippen molar-refractivity contribution in [1.29, 1.82) is 0 Å². The highest BCUT2D eigenvalue weighted by Crippen LogP contribution is 2.16. The molecule has 0 aliphatic carbocycles. The molecule has 0 radical (unpaired) electrons. The number of carbonyl (C=O) groups is 1. The quantitative estimate of drug-likeness (QED) is 0.712. The molecule has 0 saturated heterocycles. The van der Waals surface area contributed by atoms with Gasteiger partial charge < -0.3 is 14.8 Å². The zero-order valence-corrected chi connectivity index (χ0v) is 15.9. The van der Waals surface area contributed by atoms with Crippen LogP contribution in [0.25, 0.3) is 5.69 Å². The molecule has 0 aliphatic heterocycles. The zero-order chi connectivity index (χ0) is 20.1. The summed E-state index contributed by atoms with van der Waals surface area (Å²) >= 11 is 0. The van der Waals surface area contributed by atoms with Crippen LogP contribution in [0.3, 0.4) is 0 Å². The lowest BCUT2D eigenvalue weighted by Gasteiger charge is -2.12. The van der Waals surface area contributed by atoms with Crippen molar-refractivity contribution in [1.82, 2.24) is 15.1 Å². The van der Waals surface area contributed by atoms with Crippen molar-refractivity contribution in [2.24, 2.45) is 0 Å². The highest BCUT2D eigenvalue weighted by Gasteiger charge is 2.18. The smallest absolute Gasteiger partial charge is 0.275 e. The first-order valence-electron chi connectivity index (χ1n) is 8.68. The predicted octanol–water partition coefficient (Wildman–Crippen LogP) is 2.49. The number of rotatable bonds is 6. The van der Waals surface area contributed by atoms with Crippen LogP contribution in [0.1, 0.15) is 21.6 Å². The summed E-state index contributed by atoms with van der Waals surface area (Å²) < 4.78 is 11.6. The minimum absolute atomic E-state index is 0.0329. The van der Waals surface area contributed by atoms with E-state index in [1.807, 2.05) is 43.3 Å². The van der Waals surface area contributed by atoms with Gasteiger partial charge in [0.15, 0.2) is 11.4 Å². The van der Waals surface area contributed by atoms with Crippen molar-refractivity contribution in [2.45, 2.75) is 13.5 Å². The minimum Gasteiger partial charge on any atom is -0.497 e. The Bertz CT molecular complexity index is 1040. The SMILES string of the molecule is COc1cccc(CNC(=O)c2nn(-c3ccc(C)cc3)c(=O)cc2OC)c1. The molecular formula is C21H21N3O4. The fourth-order valence-electron chi connectivity index (χ4n) is 2.67. The average Bonchev–Trinajstić information content (AvgIpc) is 2.72. The molecule has 0 saturated carbocycles. The number of aromatic nitrogens is 2. The Morgan fingerprint density at radius 2 is 1.82 bits per heavy atom. The number of carbonyl (C=O) groups excluding carboxylic acids is 1. The van der Waals surface area contributed by atoms with Crippen LogP contribution < -0.4 is 20.3 Å². The Kier molecular flexibility index (Phi) is 5.74. The standard InChI is InChI=1S/C21H21N3O4/c1-14-7-9-16(10-8-14)24-19(25)12-18(28-3)20(23-24)21(26)22-13-15-5-4-6-17(11-15)27-2/h4-12H,13H2,1-3H3,(H,22,26). The monoisotopic (exact) mass is 379 g/mol. The third-order valence-electron chi connectivity index (χ3n) is 4.20. The first kappa shape index (κ1) is 19.2. The second-order valence-electron chi connectivity index (χ2n) is 6.18. The molecule has 3 aromatic rings. The summed E-state index contributed by atoms with van der Waals surface area (Å²) in [7, 11) is 2.98. The van der Waals surface area contributed by atoms with Gasteiger partial charge in [0.05, 0.1) is 26.0 Å². The van der Waals surface area contributed by atoms with Gasteiger partial charge in [0.1, 0.15) is 5.75 Å². The van der Waals surface area contributed by atoms with Crippen LogP contribution in [0.4, 0.5) is 0 Å². The Morgan fingerprint density at radius 1 is 1.07 bits per heavy atom. The third-order valence-corrected chi connectivity index (χ3v) is 4.20. The van der Waals surface area contributed by atoms with Gasteiger partial charge in [-0.2, -0.15) is 9.78 Å². The van der Waals surface area contributed by atoms with Gasteiger partial charge in [0, 0.05) is 6.54 Å². The van der Waals surface area contributed by atoms with Gasteiger partial charge >= 0.3 is 0 Å². The van der Waals surface area contributed by atoms with Crippen molar-refractivity contribution >= 4 is 5.91 Å². The Morgan fingerprint density at radius 3 is 2.50 bits per heavy atom. The Balaban J connectivity index is 1.88. The number of nitrogens with zero attached hydrogens (tertiary/aromatic N) is 2. The van der Waals surface area contributed by atoms with Gasteiger partial charge in [-0.3, -0.25) is 9.59 Å². The molecule has 3 rings (SSSR count). The van der Waals surface area contributed by atoms with Crippen molar-refractivity contribution < 1.29 is 14.3 Å². The molecule has 1 aromatic heterocycles. The minimum atomic E-state index is -0.444. The molecular weight excluding hydrogens is 358 g/mol. The molecule has 1 amide bonds. The fourth-order valence-corrected chi connectivity index (χ4v) is 2.67. The molecule has 0 unspecified atom stereocenters. The van der Waals surface area contributed by atoms with Crippen molar-refractivity contribution in [3.63, 3.8) is 0 Å². The maximum atomic E-state index is 12.7. The number of amides is 1. The number of nitrogens with one attached hydrogen (secondary N) is 1. The number of hydrogen-bond acceptors (Lipinski definition) is 5. The summed E-state index contributed by atoms with van der Waals surface area (Å²) in [6.45, 7) is 2.23. The average molecular weight is 379 g/mol. The highest BCUT2D eigenvalue weighted by atomic mass is 16.5. The third kappa shape index (κ3) is 4.20. The van der Waals surface area contributed by atoms with E-state index >= 15 is 0 Å². The van der Waals surface area contributed by atoms with Crippen LogP contribution in [0.15, 0.2) is 59.4 Å². The van der Waals surface area contributed by atoms with Gasteiger partial charge in [-0.25, -0.2) is 0 Å². The lowest BCUT2D eigenvalue weighted by atomic mass is 10.2. The molecule has 7 heteroatoms. The summed E-state index contributed by atoms with van der Waals surface area (Å²) in [4.78, 5) is 25.1. The normalized spacial score (nSPS) is 10.4. The summed E-state index contributed by atoms with van der Waals surface area (Å²) in [5, 5.41) is 7.03. The van der Waals surface area contributed by atoms with Gasteiger partial charge in [0.2, 0.25) is 0 Å². The van der Waals surface area contributed by atoms with Crippen LogP contribution in [-0.4, -0.2) is 29.9 Å². The summed E-state index contributed by atoms with van der Waals surface area (Å²) in [6, 6.07) is 15.9. The van der Waals surface area contributed by atoms with Crippen LogP contribution in [0.5, 0.6) is 11.5 Å². The van der Waals surface area contributed by atoms with E-state index in [0.717, 1.165) is 11.1 Å². The molecule has 1 N–H and O–H groups in total. The zero-order valence-electron chi connectivity index (χ0n) is 15.9. The number of ether oxygens (including phenoxy) is 2. The van der Waals surface area contributed by atoms with Crippen LogP contribution in [-0.2, 0) is 6.54 Å². The Labute approximate surface area is 162 Å². The summed E-state index contributed by atoms with van der Waals surface area (Å²) in [5.74, 6) is 0.382. The maximum Gasteiger partial charge on any atom is 0.275 e. The van der Waals surface area contributed by atoms with Crippen molar-refractivity contribution in [3.05, 3.63) is 81.8 Å². The van der Waals surface area contributed by atoms with Crippen molar-refractivity contribution in [2.75, 3.05) is 14.2 Å². The van der Waals surface area contributed by atoms with E-state index in [4.69, 9.17) is 9.47 Å². The van der Waals surface area contributed by atoms with Gasteiger partial charge in [-0.1, -0.05) is 29.8 Å². The first-order valence-corrected chi connectivity index (χ1v) is 8.68. The van der Waals surface area contributed by atoms with Gasteiger partial charge in [-0.15, -0.1) is 0 Å². The van der Waals surface area contributed by atoms with Gasteiger partial charge in [-0.05, 0) is 36.8 Å². The molecule has 28 heavy (non-hydrogen) atoms. The second-order valence-corrected chi connectivity index (χ2v) is 6.18. The van der Waals surface area contributed by atoms with Crippen LogP contribution >= 0.6 is 0 Å². The largest absolute Gasteiger partial charge is 0.497 e. The number of methoxy groups -OCH3 is 2. The van der Waals surface area contributed by atoms with E-state index in [1.54, 1.807) is 19.2 Å². The number of benzene rings is 2. The van der Waals surface area contributed by atoms with Gasteiger partial charge in [0.25, 0.3) is 11.5 Å². The number of hydrogen-bond donors (Lipinski definition) is 1. The lowest BCUT2D eigenvalue weighted by molar-refractivity contribution is 0.0940. The maximum absolute atomic E-state index is 12.7. The molecule has 1 heterocycles. The lowest BCUT2D eigenvalue weighted by Crippen LogP contribution is -2.29. The van der Waals surface area contributed by atoms with E-state index in [1.165, 1.54) is 17.9 Å². The molecule has 7 nitrogen and oxygen atoms in total. The second kappa shape index (κ2) is 8.39. The number of aryl methyl sites for hydroxylation is 1. The topological polar surface area (TPSA) is 82.5 Å².